The number of thiazole rings is 1. The number of fused-ring (bicyclic) bond motifs is 3. The molecule has 3 aromatic rings. The third-order valence-electron chi connectivity index (χ3n) is 8.74. The number of carbonyl (C=O) groups is 2. The summed E-state index contributed by atoms with van der Waals surface area (Å²) in [6, 6.07) is 9.15. The number of aliphatic carboxylic acids is 1. The molecule has 2 bridgehead atoms. The van der Waals surface area contributed by atoms with Crippen LogP contribution in [0.4, 0.5) is 5.13 Å². The van der Waals surface area contributed by atoms with E-state index in [9.17, 15) is 14.4 Å². The van der Waals surface area contributed by atoms with Gasteiger partial charge in [0.2, 0.25) is 0 Å². The van der Waals surface area contributed by atoms with Crippen molar-refractivity contribution in [2.24, 2.45) is 0 Å². The van der Waals surface area contributed by atoms with Crippen LogP contribution in [0, 0.1) is 0 Å². The van der Waals surface area contributed by atoms with E-state index in [1.807, 2.05) is 28.8 Å². The van der Waals surface area contributed by atoms with Crippen LogP contribution >= 0.6 is 11.3 Å². The summed E-state index contributed by atoms with van der Waals surface area (Å²) in [5.74, 6) is -1.61. The largest absolute Gasteiger partial charge is 0.481 e. The molecule has 1 aliphatic carbocycles. The van der Waals surface area contributed by atoms with E-state index < -0.39 is 11.9 Å². The van der Waals surface area contributed by atoms with Crippen LogP contribution in [0.5, 0.6) is 0 Å². The molecular formula is C29H35N5O4S. The van der Waals surface area contributed by atoms with Crippen molar-refractivity contribution in [1.82, 2.24) is 19.4 Å². The Balaban J connectivity index is 1.28. The maximum Gasteiger partial charge on any atom is 0.309 e. The summed E-state index contributed by atoms with van der Waals surface area (Å²) in [7, 11) is 0. The summed E-state index contributed by atoms with van der Waals surface area (Å²) < 4.78 is 1.83. The third kappa shape index (κ3) is 5.36. The predicted molar refractivity (Wildman–Crippen MR) is 150 cm³/mol. The molecule has 6 rings (SSSR count). The van der Waals surface area contributed by atoms with Crippen LogP contribution in [0.2, 0.25) is 0 Å². The molecule has 1 unspecified atom stereocenters. The summed E-state index contributed by atoms with van der Waals surface area (Å²) in [6.07, 6.45) is 13.2. The molecule has 4 heterocycles. The molecule has 0 radical (unpaired) electrons. The van der Waals surface area contributed by atoms with E-state index in [1.165, 1.54) is 57.8 Å². The van der Waals surface area contributed by atoms with E-state index in [0.29, 0.717) is 29.3 Å². The first-order valence-electron chi connectivity index (χ1n) is 14.2. The van der Waals surface area contributed by atoms with Crippen LogP contribution < -0.4 is 10.9 Å². The number of carboxylic acids is 1. The van der Waals surface area contributed by atoms with Gasteiger partial charge < -0.3 is 9.67 Å². The Bertz CT molecular complexity index is 1410. The number of benzene rings is 1. The lowest BCUT2D eigenvalue weighted by Gasteiger charge is -2.45. The van der Waals surface area contributed by atoms with Crippen LogP contribution in [0.25, 0.3) is 11.0 Å². The molecule has 0 spiro atoms. The normalized spacial score (nSPS) is 24.4. The second kappa shape index (κ2) is 11.2. The zero-order valence-corrected chi connectivity index (χ0v) is 22.9. The van der Waals surface area contributed by atoms with Crippen LogP contribution in [-0.2, 0) is 11.2 Å². The molecule has 39 heavy (non-hydrogen) atoms. The van der Waals surface area contributed by atoms with Crippen molar-refractivity contribution in [3.63, 3.8) is 0 Å². The Hall–Kier alpha value is -3.11. The summed E-state index contributed by atoms with van der Waals surface area (Å²) in [4.78, 5) is 49.6. The number of nitrogens with one attached hydrogen (secondary N) is 1. The molecular weight excluding hydrogens is 514 g/mol. The molecule has 1 amide bonds. The first kappa shape index (κ1) is 26.1. The Labute approximate surface area is 231 Å². The predicted octanol–water partition coefficient (Wildman–Crippen LogP) is 5.01. The van der Waals surface area contributed by atoms with Gasteiger partial charge in [-0.2, -0.15) is 0 Å². The molecule has 2 aliphatic heterocycles. The van der Waals surface area contributed by atoms with Gasteiger partial charge in [0.05, 0.1) is 23.1 Å². The third-order valence-corrected chi connectivity index (χ3v) is 9.55. The maximum atomic E-state index is 13.9. The van der Waals surface area contributed by atoms with Gasteiger partial charge in [0, 0.05) is 29.5 Å². The lowest BCUT2D eigenvalue weighted by molar-refractivity contribution is -0.136. The van der Waals surface area contributed by atoms with Crippen LogP contribution in [0.3, 0.4) is 0 Å². The first-order chi connectivity index (χ1) is 19.0. The fourth-order valence-corrected chi connectivity index (χ4v) is 7.85. The number of aromatic nitrogens is 3. The van der Waals surface area contributed by atoms with Crippen molar-refractivity contribution < 1.29 is 14.7 Å². The van der Waals surface area contributed by atoms with Gasteiger partial charge in [0.15, 0.2) is 10.8 Å². The monoisotopic (exact) mass is 549 g/mol. The van der Waals surface area contributed by atoms with Gasteiger partial charge in [-0.25, -0.2) is 9.97 Å². The van der Waals surface area contributed by atoms with Gasteiger partial charge >= 0.3 is 5.97 Å². The topological polar surface area (TPSA) is 117 Å². The zero-order valence-electron chi connectivity index (χ0n) is 22.1. The molecule has 9 nitrogen and oxygen atoms in total. The van der Waals surface area contributed by atoms with E-state index in [4.69, 9.17) is 5.11 Å². The number of rotatable bonds is 6. The molecule has 1 saturated carbocycles. The lowest BCUT2D eigenvalue weighted by Crippen LogP contribution is -2.50. The van der Waals surface area contributed by atoms with Crippen LogP contribution in [-0.4, -0.2) is 54.5 Å². The molecule has 2 aromatic heterocycles. The van der Waals surface area contributed by atoms with Crippen molar-refractivity contribution in [1.29, 1.82) is 0 Å². The number of para-hydroxylation sites is 2. The van der Waals surface area contributed by atoms with E-state index in [0.717, 1.165) is 29.7 Å². The van der Waals surface area contributed by atoms with E-state index in [-0.39, 0.29) is 28.8 Å². The van der Waals surface area contributed by atoms with E-state index >= 15 is 0 Å². The number of hydrogen-bond donors (Lipinski definition) is 2. The fourth-order valence-electron chi connectivity index (χ4n) is 7.15. The minimum absolute atomic E-state index is 0.0151. The van der Waals surface area contributed by atoms with Gasteiger partial charge in [0.25, 0.3) is 11.5 Å². The molecule has 3 aliphatic rings. The van der Waals surface area contributed by atoms with Crippen molar-refractivity contribution in [2.75, 3.05) is 5.32 Å². The average molecular weight is 550 g/mol. The number of hydrogen-bond acceptors (Lipinski definition) is 7. The summed E-state index contributed by atoms with van der Waals surface area (Å²) >= 11 is 1.13. The Morgan fingerprint density at radius 1 is 0.923 bits per heavy atom. The molecule has 2 saturated heterocycles. The number of nitrogens with zero attached hydrogens (tertiary/aromatic N) is 4. The molecule has 2 N–H and O–H groups in total. The second-order valence-electron chi connectivity index (χ2n) is 11.2. The molecule has 3 atom stereocenters. The van der Waals surface area contributed by atoms with Crippen molar-refractivity contribution >= 4 is 39.4 Å². The maximum absolute atomic E-state index is 13.9. The Morgan fingerprint density at radius 3 is 2.33 bits per heavy atom. The Kier molecular flexibility index (Phi) is 7.49. The van der Waals surface area contributed by atoms with E-state index in [1.54, 1.807) is 5.38 Å². The first-order valence-corrected chi connectivity index (χ1v) is 15.1. The number of anilines is 1. The van der Waals surface area contributed by atoms with Crippen LogP contribution in [0.1, 0.15) is 92.9 Å². The zero-order chi connectivity index (χ0) is 26.9. The van der Waals surface area contributed by atoms with Gasteiger partial charge in [-0.05, 0) is 50.7 Å². The summed E-state index contributed by atoms with van der Waals surface area (Å²) in [6.45, 7) is 0. The highest BCUT2D eigenvalue weighted by Gasteiger charge is 2.44. The highest BCUT2D eigenvalue weighted by Crippen LogP contribution is 2.44. The average Bonchev–Trinajstić information content (AvgIpc) is 3.43. The lowest BCUT2D eigenvalue weighted by atomic mass is 9.89. The number of carboxylic acid groups (broad SMARTS) is 1. The molecule has 206 valence electrons. The van der Waals surface area contributed by atoms with E-state index in [2.05, 4.69) is 20.2 Å². The number of amides is 1. The van der Waals surface area contributed by atoms with Crippen molar-refractivity contribution in [2.45, 2.75) is 101 Å². The second-order valence-corrected chi connectivity index (χ2v) is 12.1. The highest BCUT2D eigenvalue weighted by molar-refractivity contribution is 7.14. The van der Waals surface area contributed by atoms with Gasteiger partial charge in [-0.15, -0.1) is 11.3 Å². The van der Waals surface area contributed by atoms with Gasteiger partial charge in [0.1, 0.15) is 0 Å². The fraction of sp³-hybridized carbons (Fsp3) is 0.552. The highest BCUT2D eigenvalue weighted by atomic mass is 32.1. The smallest absolute Gasteiger partial charge is 0.309 e. The minimum atomic E-state index is -0.994. The molecule has 3 fully saturated rings. The SMILES string of the molecule is O=C(O)Cc1csc(NC(=O)c2nc3ccccc3n(C3C[C@H]4CC[C@@H](C3)N4C3CCCCCCC3)c2=O)n1. The van der Waals surface area contributed by atoms with Gasteiger partial charge in [-0.1, -0.05) is 44.2 Å². The minimum Gasteiger partial charge on any atom is -0.481 e. The van der Waals surface area contributed by atoms with Crippen molar-refractivity contribution in [3.8, 4) is 0 Å². The Morgan fingerprint density at radius 2 is 1.62 bits per heavy atom. The molecule has 1 aromatic carbocycles. The van der Waals surface area contributed by atoms with Gasteiger partial charge in [-0.3, -0.25) is 24.6 Å². The quantitative estimate of drug-likeness (QED) is 0.444. The van der Waals surface area contributed by atoms with Crippen molar-refractivity contribution in [3.05, 3.63) is 51.4 Å². The van der Waals surface area contributed by atoms with Crippen LogP contribution in [0.15, 0.2) is 34.4 Å². The summed E-state index contributed by atoms with van der Waals surface area (Å²) in [5.41, 5.74) is 1.21. The number of piperidine rings is 1. The standard InChI is InChI=1S/C29H35N5O4S/c35-25(36)14-18-17-39-29(30-18)32-27(37)26-28(38)34(24-11-7-6-10-23(24)31-26)22-15-20-12-13-21(16-22)33(20)19-8-4-2-1-3-5-9-19/h6-7,10-11,17,19-22H,1-5,8-9,12-16H2,(H,35,36)(H,30,32,37)/t20-,21+,22?. The number of carbonyl (C=O) groups excluding carboxylic acids is 1. The summed E-state index contributed by atoms with van der Waals surface area (Å²) in [5, 5.41) is 13.5. The molecule has 10 heteroatoms.